The lowest BCUT2D eigenvalue weighted by atomic mass is 10.1. The first-order valence-electron chi connectivity index (χ1n) is 8.43. The highest BCUT2D eigenvalue weighted by Gasteiger charge is 2.17. The van der Waals surface area contributed by atoms with E-state index in [-0.39, 0.29) is 22.0 Å². The maximum atomic E-state index is 14.1. The Morgan fingerprint density at radius 3 is 2.64 bits per heavy atom. The van der Waals surface area contributed by atoms with E-state index in [0.29, 0.717) is 5.82 Å². The number of amides is 1. The molecule has 2 aromatic heterocycles. The Morgan fingerprint density at radius 1 is 1.11 bits per heavy atom. The molecule has 8 heteroatoms. The van der Waals surface area contributed by atoms with Crippen molar-refractivity contribution in [2.45, 2.75) is 0 Å². The molecule has 0 saturated heterocycles. The van der Waals surface area contributed by atoms with E-state index in [9.17, 15) is 9.18 Å². The number of aryl methyl sites for hydroxylation is 1. The van der Waals surface area contributed by atoms with E-state index < -0.39 is 11.7 Å². The molecule has 4 aromatic rings. The fourth-order valence-electron chi connectivity index (χ4n) is 2.83. The number of halogens is 2. The van der Waals surface area contributed by atoms with Crippen LogP contribution in [0.25, 0.3) is 22.5 Å². The lowest BCUT2D eigenvalue weighted by Crippen LogP contribution is -2.14. The van der Waals surface area contributed by atoms with Gasteiger partial charge in [0.05, 0.1) is 22.0 Å². The van der Waals surface area contributed by atoms with Gasteiger partial charge >= 0.3 is 0 Å². The van der Waals surface area contributed by atoms with Crippen molar-refractivity contribution in [3.05, 3.63) is 77.2 Å². The molecule has 2 N–H and O–H groups in total. The predicted molar refractivity (Wildman–Crippen MR) is 106 cm³/mol. The first-order chi connectivity index (χ1) is 13.5. The van der Waals surface area contributed by atoms with Gasteiger partial charge in [0.15, 0.2) is 0 Å². The van der Waals surface area contributed by atoms with Crippen molar-refractivity contribution in [2.75, 3.05) is 5.32 Å². The molecule has 28 heavy (non-hydrogen) atoms. The molecule has 1 amide bonds. The molecule has 0 unspecified atom stereocenters. The zero-order valence-corrected chi connectivity index (χ0v) is 15.5. The van der Waals surface area contributed by atoms with Crippen LogP contribution in [0, 0.1) is 5.82 Å². The van der Waals surface area contributed by atoms with E-state index in [4.69, 9.17) is 11.6 Å². The number of nitrogens with zero attached hydrogens (tertiary/aromatic N) is 3. The fourth-order valence-corrected chi connectivity index (χ4v) is 3.09. The number of anilines is 1. The Balaban J connectivity index is 1.57. The predicted octanol–water partition coefficient (Wildman–Crippen LogP) is 4.52. The second kappa shape index (κ2) is 7.28. The van der Waals surface area contributed by atoms with E-state index in [1.807, 2.05) is 30.3 Å². The number of aromatic amines is 1. The molecule has 0 bridgehead atoms. The summed E-state index contributed by atoms with van der Waals surface area (Å²) < 4.78 is 15.6. The standard InChI is InChI=1S/C20H15ClFN5O/c1-27-18(11-15(26-27)12-6-3-2-4-7-12)23-20(28)17-10-16(24-25-17)19-13(21)8-5-9-14(19)22/h2-11H,1H3,(H,23,28)(H,24,25). The largest absolute Gasteiger partial charge is 0.305 e. The molecular formula is C20H15ClFN5O. The SMILES string of the molecule is Cn1nc(-c2ccccc2)cc1NC(=O)c1cc(-c2c(F)cccc2Cl)n[nH]1. The van der Waals surface area contributed by atoms with Gasteiger partial charge in [-0.1, -0.05) is 48.0 Å². The average molecular weight is 396 g/mol. The van der Waals surface area contributed by atoms with E-state index in [0.717, 1.165) is 11.3 Å². The Labute approximate surface area is 165 Å². The van der Waals surface area contributed by atoms with Gasteiger partial charge in [-0.3, -0.25) is 14.6 Å². The van der Waals surface area contributed by atoms with Gasteiger partial charge in [-0.15, -0.1) is 0 Å². The number of carbonyl (C=O) groups is 1. The first kappa shape index (κ1) is 17.9. The molecule has 0 radical (unpaired) electrons. The number of hydrogen-bond donors (Lipinski definition) is 2. The van der Waals surface area contributed by atoms with Gasteiger partial charge in [0.1, 0.15) is 17.3 Å². The van der Waals surface area contributed by atoms with Gasteiger partial charge in [-0.25, -0.2) is 4.39 Å². The molecule has 6 nitrogen and oxygen atoms in total. The Morgan fingerprint density at radius 2 is 1.89 bits per heavy atom. The first-order valence-corrected chi connectivity index (χ1v) is 8.81. The lowest BCUT2D eigenvalue weighted by Gasteiger charge is -2.02. The summed E-state index contributed by atoms with van der Waals surface area (Å²) in [6.45, 7) is 0. The van der Waals surface area contributed by atoms with Gasteiger partial charge in [-0.2, -0.15) is 10.2 Å². The minimum Gasteiger partial charge on any atom is -0.305 e. The van der Waals surface area contributed by atoms with E-state index in [1.165, 1.54) is 18.2 Å². The van der Waals surface area contributed by atoms with Crippen LogP contribution >= 0.6 is 11.6 Å². The Hall–Kier alpha value is -3.45. The molecule has 0 atom stereocenters. The van der Waals surface area contributed by atoms with Crippen molar-refractivity contribution in [1.29, 1.82) is 0 Å². The number of H-pyrrole nitrogens is 1. The summed E-state index contributed by atoms with van der Waals surface area (Å²) >= 11 is 6.06. The normalized spacial score (nSPS) is 10.8. The van der Waals surface area contributed by atoms with Gasteiger partial charge < -0.3 is 5.32 Å². The number of rotatable bonds is 4. The maximum Gasteiger partial charge on any atom is 0.274 e. The van der Waals surface area contributed by atoms with Crippen LogP contribution in [0.15, 0.2) is 60.7 Å². The van der Waals surface area contributed by atoms with Crippen molar-refractivity contribution in [3.8, 4) is 22.5 Å². The second-order valence-electron chi connectivity index (χ2n) is 6.12. The van der Waals surface area contributed by atoms with E-state index in [1.54, 1.807) is 23.9 Å². The van der Waals surface area contributed by atoms with Crippen molar-refractivity contribution in [3.63, 3.8) is 0 Å². The summed E-state index contributed by atoms with van der Waals surface area (Å²) in [5.41, 5.74) is 2.25. The molecule has 0 saturated carbocycles. The number of hydrogen-bond acceptors (Lipinski definition) is 3. The zero-order chi connectivity index (χ0) is 19.7. The minimum absolute atomic E-state index is 0.145. The van der Waals surface area contributed by atoms with Crippen molar-refractivity contribution in [1.82, 2.24) is 20.0 Å². The number of benzene rings is 2. The third-order valence-corrected chi connectivity index (χ3v) is 4.55. The summed E-state index contributed by atoms with van der Waals surface area (Å²) in [7, 11) is 1.74. The third-order valence-electron chi connectivity index (χ3n) is 4.23. The highest BCUT2D eigenvalue weighted by molar-refractivity contribution is 6.33. The van der Waals surface area contributed by atoms with Crippen LogP contribution in [0.3, 0.4) is 0 Å². The minimum atomic E-state index is -0.509. The topological polar surface area (TPSA) is 75.6 Å². The van der Waals surface area contributed by atoms with Gasteiger partial charge in [0.2, 0.25) is 0 Å². The van der Waals surface area contributed by atoms with Gasteiger partial charge in [0, 0.05) is 18.7 Å². The van der Waals surface area contributed by atoms with Crippen molar-refractivity contribution < 1.29 is 9.18 Å². The summed E-state index contributed by atoms with van der Waals surface area (Å²) in [6, 6.07) is 17.2. The molecule has 0 aliphatic rings. The van der Waals surface area contributed by atoms with Crippen molar-refractivity contribution >= 4 is 23.3 Å². The molecule has 140 valence electrons. The van der Waals surface area contributed by atoms with Crippen molar-refractivity contribution in [2.24, 2.45) is 7.05 Å². The number of carbonyl (C=O) groups excluding carboxylic acids is 1. The fraction of sp³-hybridized carbons (Fsp3) is 0.0500. The highest BCUT2D eigenvalue weighted by Crippen LogP contribution is 2.29. The van der Waals surface area contributed by atoms with Crippen LogP contribution in [-0.2, 0) is 7.05 Å². The Kier molecular flexibility index (Phi) is 4.67. The summed E-state index contributed by atoms with van der Waals surface area (Å²) in [6.07, 6.45) is 0. The van der Waals surface area contributed by atoms with Crippen LogP contribution < -0.4 is 5.32 Å². The summed E-state index contributed by atoms with van der Waals surface area (Å²) in [5.74, 6) is -0.414. The lowest BCUT2D eigenvalue weighted by molar-refractivity contribution is 0.102. The van der Waals surface area contributed by atoms with Crippen LogP contribution in [0.4, 0.5) is 10.2 Å². The van der Waals surface area contributed by atoms with Crippen LogP contribution in [0.5, 0.6) is 0 Å². The monoisotopic (exact) mass is 395 g/mol. The maximum absolute atomic E-state index is 14.1. The molecule has 4 rings (SSSR count). The van der Waals surface area contributed by atoms with Crippen LogP contribution in [0.1, 0.15) is 10.5 Å². The highest BCUT2D eigenvalue weighted by atomic mass is 35.5. The number of aromatic nitrogens is 4. The molecular weight excluding hydrogens is 381 g/mol. The van der Waals surface area contributed by atoms with E-state index >= 15 is 0 Å². The third kappa shape index (κ3) is 3.39. The molecule has 0 fully saturated rings. The molecule has 0 aliphatic heterocycles. The Bertz CT molecular complexity index is 1130. The van der Waals surface area contributed by atoms with E-state index in [2.05, 4.69) is 20.6 Å². The molecule has 0 aliphatic carbocycles. The number of nitrogens with one attached hydrogen (secondary N) is 2. The summed E-state index contributed by atoms with van der Waals surface area (Å²) in [5, 5.41) is 14.0. The summed E-state index contributed by atoms with van der Waals surface area (Å²) in [4.78, 5) is 12.6. The molecule has 0 spiro atoms. The van der Waals surface area contributed by atoms with Gasteiger partial charge in [-0.05, 0) is 18.2 Å². The zero-order valence-electron chi connectivity index (χ0n) is 14.8. The molecule has 2 aromatic carbocycles. The van der Waals surface area contributed by atoms with Gasteiger partial charge in [0.25, 0.3) is 5.91 Å². The average Bonchev–Trinajstić information content (AvgIpc) is 3.30. The molecule has 2 heterocycles. The smallest absolute Gasteiger partial charge is 0.274 e. The van der Waals surface area contributed by atoms with Crippen LogP contribution in [0.2, 0.25) is 5.02 Å². The second-order valence-corrected chi connectivity index (χ2v) is 6.53. The quantitative estimate of drug-likeness (QED) is 0.533. The van der Waals surface area contributed by atoms with Crippen LogP contribution in [-0.4, -0.2) is 25.9 Å².